The van der Waals surface area contributed by atoms with E-state index in [1.165, 1.54) is 11.6 Å². The van der Waals surface area contributed by atoms with Crippen molar-refractivity contribution in [2.24, 2.45) is 0 Å². The molecule has 63 heavy (non-hydrogen) atoms. The smallest absolute Gasteiger partial charge is 0.166 e. The van der Waals surface area contributed by atoms with E-state index in [2.05, 4.69) is 103 Å². The van der Waals surface area contributed by atoms with Gasteiger partial charge in [0.15, 0.2) is 11.6 Å². The molecule has 9 rings (SSSR count). The van der Waals surface area contributed by atoms with Crippen LogP contribution in [0.4, 0.5) is 38.9 Å². The number of aryl methyl sites for hydroxylation is 1. The van der Waals surface area contributed by atoms with E-state index in [4.69, 9.17) is 37.4 Å². The lowest BCUT2D eigenvalue weighted by Gasteiger charge is -2.24. The predicted octanol–water partition coefficient (Wildman–Crippen LogP) is 10.7. The van der Waals surface area contributed by atoms with Gasteiger partial charge in [-0.15, -0.1) is 0 Å². The fourth-order valence-corrected chi connectivity index (χ4v) is 7.95. The average molecular weight is 1020 g/mol. The van der Waals surface area contributed by atoms with E-state index in [0.717, 1.165) is 103 Å². The summed E-state index contributed by atoms with van der Waals surface area (Å²) in [5.74, 6) is 1.28. The van der Waals surface area contributed by atoms with Crippen LogP contribution in [0.3, 0.4) is 0 Å². The highest BCUT2D eigenvalue weighted by Gasteiger charge is 2.18. The topological polar surface area (TPSA) is 139 Å². The van der Waals surface area contributed by atoms with Gasteiger partial charge in [0.05, 0.1) is 48.2 Å². The summed E-state index contributed by atoms with van der Waals surface area (Å²) in [7, 11) is 0. The number of benzene rings is 3. The Morgan fingerprint density at radius 1 is 0.556 bits per heavy atom. The molecule has 0 saturated carbocycles. The summed E-state index contributed by atoms with van der Waals surface area (Å²) in [4.78, 5) is 12.6. The van der Waals surface area contributed by atoms with Crippen LogP contribution >= 0.6 is 55.1 Å². The van der Waals surface area contributed by atoms with Gasteiger partial charge in [-0.1, -0.05) is 59.6 Å². The van der Waals surface area contributed by atoms with E-state index in [9.17, 15) is 4.39 Å². The van der Waals surface area contributed by atoms with Crippen LogP contribution in [-0.4, -0.2) is 74.0 Å². The molecule has 3 saturated heterocycles. The molecule has 0 unspecified atom stereocenters. The van der Waals surface area contributed by atoms with Crippen LogP contribution in [0, 0.1) is 12.7 Å². The molecule has 0 radical (unpaired) electrons. The van der Waals surface area contributed by atoms with Gasteiger partial charge < -0.3 is 46.1 Å². The van der Waals surface area contributed by atoms with Crippen molar-refractivity contribution in [1.29, 1.82) is 0 Å². The number of nitrogens with one attached hydrogen (secondary N) is 6. The minimum Gasteiger partial charge on any atom is -0.371 e. The van der Waals surface area contributed by atoms with Crippen LogP contribution in [0.1, 0.15) is 40.6 Å². The summed E-state index contributed by atoms with van der Waals surface area (Å²) in [5, 5.41) is 20.4. The molecule has 330 valence electrons. The Balaban J connectivity index is 0.000000142. The first-order valence-electron chi connectivity index (χ1n) is 20.5. The largest absolute Gasteiger partial charge is 0.371 e. The Bertz CT molecular complexity index is 2110. The summed E-state index contributed by atoms with van der Waals surface area (Å²) < 4.78 is 32.5. The summed E-state index contributed by atoms with van der Waals surface area (Å²) in [5.41, 5.74) is 7.30. The molecule has 6 heterocycles. The summed E-state index contributed by atoms with van der Waals surface area (Å²) >= 11 is 18.5. The number of hydrogen-bond acceptors (Lipinski definition) is 12. The fourth-order valence-electron chi connectivity index (χ4n) is 6.78. The van der Waals surface area contributed by atoms with Gasteiger partial charge in [-0.3, -0.25) is 0 Å². The monoisotopic (exact) mass is 1020 g/mol. The molecule has 6 N–H and O–H groups in total. The third kappa shape index (κ3) is 14.1. The number of nitrogens with zero attached hydrogens (tertiary/aromatic N) is 3. The number of aromatic nitrogens is 3. The van der Waals surface area contributed by atoms with Gasteiger partial charge in [-0.25, -0.2) is 19.3 Å². The Morgan fingerprint density at radius 2 is 0.952 bits per heavy atom. The van der Waals surface area contributed by atoms with E-state index in [-0.39, 0.29) is 24.1 Å². The normalized spacial score (nSPS) is 18.5. The molecule has 0 spiro atoms. The molecule has 3 aliphatic heterocycles. The lowest BCUT2D eigenvalue weighted by Crippen LogP contribution is -2.33. The van der Waals surface area contributed by atoms with Crippen molar-refractivity contribution in [2.45, 2.75) is 25.2 Å². The number of halogens is 5. The van der Waals surface area contributed by atoms with Gasteiger partial charge >= 0.3 is 0 Å². The highest BCUT2D eigenvalue weighted by atomic mass is 79.9. The Labute approximate surface area is 393 Å². The van der Waals surface area contributed by atoms with Crippen molar-refractivity contribution in [3.63, 3.8) is 0 Å². The first-order chi connectivity index (χ1) is 30.7. The number of ether oxygens (including phenoxy) is 3. The van der Waals surface area contributed by atoms with E-state index in [1.807, 2.05) is 61.5 Å². The highest BCUT2D eigenvalue weighted by molar-refractivity contribution is 9.10. The fraction of sp³-hybridized carbons (Fsp3) is 0.283. The maximum Gasteiger partial charge on any atom is 0.166 e. The van der Waals surface area contributed by atoms with Crippen LogP contribution in [0.2, 0.25) is 10.0 Å². The Hall–Kier alpha value is -4.26. The van der Waals surface area contributed by atoms with E-state index in [1.54, 1.807) is 24.7 Å². The molecule has 3 atom stereocenters. The second kappa shape index (κ2) is 23.6. The quantitative estimate of drug-likeness (QED) is 0.0822. The van der Waals surface area contributed by atoms with Crippen molar-refractivity contribution < 1.29 is 18.6 Å². The van der Waals surface area contributed by atoms with E-state index < -0.39 is 5.82 Å². The molecule has 0 aliphatic carbocycles. The summed E-state index contributed by atoms with van der Waals surface area (Å²) in [6, 6.07) is 29.3. The maximum absolute atomic E-state index is 13.7. The second-order valence-electron chi connectivity index (χ2n) is 14.7. The minimum atomic E-state index is -0.395. The number of pyridine rings is 3. The van der Waals surface area contributed by atoms with Gasteiger partial charge in [0.25, 0.3) is 0 Å². The molecule has 6 aromatic rings. The number of hydrogen-bond donors (Lipinski definition) is 6. The van der Waals surface area contributed by atoms with Gasteiger partial charge in [0.1, 0.15) is 11.6 Å². The lowest BCUT2D eigenvalue weighted by atomic mass is 10.1. The van der Waals surface area contributed by atoms with Gasteiger partial charge in [-0.2, -0.15) is 0 Å². The molecule has 0 bridgehead atoms. The van der Waals surface area contributed by atoms with Gasteiger partial charge in [0.2, 0.25) is 0 Å². The number of morpholine rings is 3. The molecule has 0 amide bonds. The van der Waals surface area contributed by atoms with Gasteiger partial charge in [-0.05, 0) is 116 Å². The lowest BCUT2D eigenvalue weighted by molar-refractivity contribution is 0.0276. The van der Waals surface area contributed by atoms with Crippen LogP contribution in [0.5, 0.6) is 0 Å². The third-order valence-corrected chi connectivity index (χ3v) is 11.4. The zero-order chi connectivity index (χ0) is 44.0. The van der Waals surface area contributed by atoms with Crippen molar-refractivity contribution >= 4 is 89.6 Å². The summed E-state index contributed by atoms with van der Waals surface area (Å²) in [6.07, 6.45) is 5.26. The molecule has 3 aromatic heterocycles. The minimum absolute atomic E-state index is 0.0790. The number of rotatable bonds is 9. The van der Waals surface area contributed by atoms with Crippen LogP contribution in [0.25, 0.3) is 0 Å². The van der Waals surface area contributed by atoms with E-state index in [0.29, 0.717) is 20.3 Å². The zero-order valence-electron chi connectivity index (χ0n) is 34.4. The third-order valence-electron chi connectivity index (χ3n) is 10.1. The highest BCUT2D eigenvalue weighted by Crippen LogP contribution is 2.29. The zero-order valence-corrected chi connectivity index (χ0v) is 39.1. The van der Waals surface area contributed by atoms with E-state index >= 15 is 0 Å². The van der Waals surface area contributed by atoms with Gasteiger partial charge in [0, 0.05) is 83.9 Å². The molecule has 3 aliphatic rings. The maximum atomic E-state index is 13.7. The first-order valence-corrected chi connectivity index (χ1v) is 22.8. The molecule has 3 fully saturated rings. The van der Waals surface area contributed by atoms with Crippen LogP contribution < -0.4 is 31.9 Å². The Morgan fingerprint density at radius 3 is 1.35 bits per heavy atom. The second-order valence-corrected chi connectivity index (χ2v) is 17.4. The standard InChI is InChI=1S/C16H18BrN3O.C15H15BrFN3O.C15H15Cl2N3O/c1-11-8-13(17)9-19-16(11)20-14-4-2-12(3-5-14)15-10-18-6-7-21-15;2*16-11-7-13(17)15(19-8-11)20-12-3-1-10(2-4-12)14-9-18-5-6-21-14/h2-5,8-9,15,18H,6-7,10H2,1H3,(H,19,20);2*1-4,7-8,14,18H,5-6,9H2,(H,19,20)/t15-;2*14-/m111/s1. The van der Waals surface area contributed by atoms with Crippen LogP contribution in [0.15, 0.2) is 119 Å². The van der Waals surface area contributed by atoms with Crippen molar-refractivity contribution in [1.82, 2.24) is 30.9 Å². The van der Waals surface area contributed by atoms with Crippen LogP contribution in [-0.2, 0) is 14.2 Å². The predicted molar refractivity (Wildman–Crippen MR) is 257 cm³/mol. The number of anilines is 6. The van der Waals surface area contributed by atoms with Crippen molar-refractivity contribution in [3.8, 4) is 0 Å². The first kappa shape index (κ1) is 46.7. The summed E-state index contributed by atoms with van der Waals surface area (Å²) in [6.45, 7) is 9.55. The Kier molecular flexibility index (Phi) is 17.5. The molecular formula is C46H48Br2Cl2FN9O3. The molecule has 17 heteroatoms. The van der Waals surface area contributed by atoms with Crippen molar-refractivity contribution in [2.75, 3.05) is 75.0 Å². The SMILES string of the molecule is Cc1cc(Br)cnc1Nc1ccc([C@H]2CNCCO2)cc1.Clc1cnc(Nc2ccc([C@H]3CNCCO3)cc2)c(Cl)c1.Fc1cc(Br)cnc1Nc1ccc([C@H]2CNCCO2)cc1. The van der Waals surface area contributed by atoms with Crippen molar-refractivity contribution in [3.05, 3.63) is 157 Å². The molecule has 12 nitrogen and oxygen atoms in total. The average Bonchev–Trinajstić information content (AvgIpc) is 3.31. The molecular weight excluding hydrogens is 976 g/mol. The molecule has 3 aromatic carbocycles.